The van der Waals surface area contributed by atoms with Crippen LogP contribution in [0.1, 0.15) is 63.2 Å². The van der Waals surface area contributed by atoms with E-state index in [1.807, 2.05) is 6.92 Å². The third kappa shape index (κ3) is 3.83. The summed E-state index contributed by atoms with van der Waals surface area (Å²) < 4.78 is 29.8. The molecule has 9 nitrogen and oxygen atoms in total. The van der Waals surface area contributed by atoms with Crippen molar-refractivity contribution in [1.29, 1.82) is 0 Å². The van der Waals surface area contributed by atoms with E-state index in [4.69, 9.17) is 4.98 Å². The average Bonchev–Trinajstić information content (AvgIpc) is 3.23. The second kappa shape index (κ2) is 8.24. The van der Waals surface area contributed by atoms with Crippen LogP contribution >= 0.6 is 0 Å². The fourth-order valence-corrected chi connectivity index (χ4v) is 5.93. The molecule has 2 aromatic heterocycles. The second-order valence-electron chi connectivity index (χ2n) is 8.35. The van der Waals surface area contributed by atoms with E-state index >= 15 is 0 Å². The van der Waals surface area contributed by atoms with Gasteiger partial charge in [0.1, 0.15) is 10.7 Å². The lowest BCUT2D eigenvalue weighted by atomic mass is 10.0. The lowest BCUT2D eigenvalue weighted by Gasteiger charge is -2.35. The van der Waals surface area contributed by atoms with Crippen molar-refractivity contribution in [1.82, 2.24) is 29.0 Å². The molecule has 1 N–H and O–H groups in total. The van der Waals surface area contributed by atoms with Crippen LogP contribution in [0.15, 0.2) is 22.1 Å². The van der Waals surface area contributed by atoms with Gasteiger partial charge < -0.3 is 4.98 Å². The Hall–Kier alpha value is -2.04. The van der Waals surface area contributed by atoms with Gasteiger partial charge in [-0.15, -0.1) is 0 Å². The first-order valence-electron chi connectivity index (χ1n) is 10.7. The Morgan fingerprint density at radius 2 is 2.07 bits per heavy atom. The normalized spacial score (nSPS) is 21.1. The van der Waals surface area contributed by atoms with Gasteiger partial charge in [-0.2, -0.15) is 9.40 Å². The van der Waals surface area contributed by atoms with Crippen LogP contribution in [0, 0.1) is 0 Å². The summed E-state index contributed by atoms with van der Waals surface area (Å²) in [5.41, 5.74) is 1.35. The highest BCUT2D eigenvalue weighted by atomic mass is 32.2. The molecular weight excluding hydrogens is 404 g/mol. The molecule has 2 aliphatic rings. The number of nitrogens with zero attached hydrogens (tertiary/aromatic N) is 5. The van der Waals surface area contributed by atoms with Crippen LogP contribution < -0.4 is 5.56 Å². The summed E-state index contributed by atoms with van der Waals surface area (Å²) in [6.45, 7) is 8.59. The van der Waals surface area contributed by atoms with Crippen molar-refractivity contribution in [2.45, 2.75) is 76.5 Å². The van der Waals surface area contributed by atoms with E-state index in [2.05, 4.69) is 28.8 Å². The molecule has 2 aliphatic heterocycles. The quantitative estimate of drug-likeness (QED) is 0.768. The molecule has 4 heterocycles. The fraction of sp³-hybridized carbons (Fsp3) is 0.650. The predicted octanol–water partition coefficient (Wildman–Crippen LogP) is 1.67. The molecule has 0 saturated carbocycles. The highest BCUT2D eigenvalue weighted by molar-refractivity contribution is 7.89. The molecule has 0 bridgehead atoms. The number of fused-ring (bicyclic) bond motifs is 1. The monoisotopic (exact) mass is 434 g/mol. The maximum absolute atomic E-state index is 13.3. The predicted molar refractivity (Wildman–Crippen MR) is 112 cm³/mol. The fourth-order valence-electron chi connectivity index (χ4n) is 4.32. The van der Waals surface area contributed by atoms with Gasteiger partial charge in [0, 0.05) is 44.8 Å². The smallest absolute Gasteiger partial charge is 0.255 e. The third-order valence-corrected chi connectivity index (χ3v) is 8.02. The maximum atomic E-state index is 13.3. The molecule has 4 rings (SSSR count). The zero-order valence-electron chi connectivity index (χ0n) is 17.8. The highest BCUT2D eigenvalue weighted by Crippen LogP contribution is 2.34. The number of hydrogen-bond donors (Lipinski definition) is 1. The van der Waals surface area contributed by atoms with Gasteiger partial charge in [-0.05, 0) is 33.6 Å². The van der Waals surface area contributed by atoms with Crippen molar-refractivity contribution >= 4 is 10.0 Å². The number of hydrogen-bond acceptors (Lipinski definition) is 6. The molecule has 10 heteroatoms. The number of sulfonamides is 1. The molecule has 30 heavy (non-hydrogen) atoms. The van der Waals surface area contributed by atoms with Crippen LogP contribution in [-0.2, 0) is 29.5 Å². The second-order valence-corrected chi connectivity index (χ2v) is 10.2. The molecule has 164 valence electrons. The number of aryl methyl sites for hydroxylation is 1. The van der Waals surface area contributed by atoms with Crippen LogP contribution in [0.2, 0.25) is 0 Å². The Morgan fingerprint density at radius 3 is 2.77 bits per heavy atom. The molecule has 0 radical (unpaired) electrons. The molecule has 0 aromatic carbocycles. The number of nitrogens with one attached hydrogen (secondary N) is 1. The van der Waals surface area contributed by atoms with Crippen LogP contribution in [0.5, 0.6) is 0 Å². The van der Waals surface area contributed by atoms with Gasteiger partial charge >= 0.3 is 0 Å². The molecule has 0 spiro atoms. The van der Waals surface area contributed by atoms with E-state index in [1.54, 1.807) is 10.9 Å². The molecule has 1 fully saturated rings. The first kappa shape index (κ1) is 21.2. The van der Waals surface area contributed by atoms with Gasteiger partial charge in [0.05, 0.1) is 23.5 Å². The number of aromatic amines is 1. The number of rotatable bonds is 5. The summed E-state index contributed by atoms with van der Waals surface area (Å²) in [6.07, 6.45) is 5.98. The van der Waals surface area contributed by atoms with Crippen molar-refractivity contribution in [3.05, 3.63) is 39.8 Å². The van der Waals surface area contributed by atoms with Crippen molar-refractivity contribution in [3.63, 3.8) is 0 Å². The van der Waals surface area contributed by atoms with Crippen LogP contribution in [0.4, 0.5) is 0 Å². The first-order chi connectivity index (χ1) is 14.3. The minimum atomic E-state index is -3.72. The maximum Gasteiger partial charge on any atom is 0.255 e. The Balaban J connectivity index is 1.68. The van der Waals surface area contributed by atoms with Crippen LogP contribution in [-0.4, -0.2) is 56.5 Å². The number of H-pyrrole nitrogens is 1. The van der Waals surface area contributed by atoms with Crippen molar-refractivity contribution < 1.29 is 8.42 Å². The molecule has 2 aromatic rings. The van der Waals surface area contributed by atoms with Gasteiger partial charge in [0.2, 0.25) is 10.0 Å². The van der Waals surface area contributed by atoms with E-state index in [1.165, 1.54) is 10.5 Å². The van der Waals surface area contributed by atoms with Gasteiger partial charge in [-0.1, -0.05) is 6.42 Å². The minimum Gasteiger partial charge on any atom is -0.309 e. The Labute approximate surface area is 177 Å². The van der Waals surface area contributed by atoms with Crippen LogP contribution in [0.25, 0.3) is 0 Å². The summed E-state index contributed by atoms with van der Waals surface area (Å²) in [5, 5.41) is 4.12. The molecule has 0 unspecified atom stereocenters. The Bertz CT molecular complexity index is 1070. The summed E-state index contributed by atoms with van der Waals surface area (Å²) in [6, 6.07) is -0.102. The average molecular weight is 435 g/mol. The summed E-state index contributed by atoms with van der Waals surface area (Å²) in [5.74, 6) is 0.461. The van der Waals surface area contributed by atoms with Gasteiger partial charge in [-0.3, -0.25) is 14.4 Å². The van der Waals surface area contributed by atoms with Crippen molar-refractivity contribution in [2.24, 2.45) is 0 Å². The highest BCUT2D eigenvalue weighted by Gasteiger charge is 2.37. The lowest BCUT2D eigenvalue weighted by molar-refractivity contribution is 0.198. The molecule has 1 saturated heterocycles. The van der Waals surface area contributed by atoms with E-state index in [9.17, 15) is 13.2 Å². The van der Waals surface area contributed by atoms with Crippen molar-refractivity contribution in [3.8, 4) is 0 Å². The zero-order valence-corrected chi connectivity index (χ0v) is 18.7. The molecule has 0 amide bonds. The Morgan fingerprint density at radius 1 is 1.27 bits per heavy atom. The molecular formula is C20H30N6O3S. The first-order valence-corrected chi connectivity index (χ1v) is 12.2. The van der Waals surface area contributed by atoms with E-state index in [0.29, 0.717) is 49.9 Å². The lowest BCUT2D eigenvalue weighted by Crippen LogP contribution is -2.42. The molecule has 1 atom stereocenters. The van der Waals surface area contributed by atoms with Gasteiger partial charge in [0.25, 0.3) is 5.56 Å². The van der Waals surface area contributed by atoms with E-state index in [-0.39, 0.29) is 10.5 Å². The topological polar surface area (TPSA) is 104 Å². The van der Waals surface area contributed by atoms with Gasteiger partial charge in [-0.25, -0.2) is 13.4 Å². The summed E-state index contributed by atoms with van der Waals surface area (Å²) in [4.78, 5) is 23.0. The van der Waals surface area contributed by atoms with Crippen molar-refractivity contribution in [2.75, 3.05) is 13.1 Å². The standard InChI is InChI=1S/C20H30N6O3S/c1-4-25-12-15(11-21-25)30(28,29)26-9-6-5-7-18(26)19-22-17-8-10-24(14(2)3)13-16(17)20(27)23-19/h11-12,14,18H,4-10,13H2,1-3H3,(H,22,23,27)/t18-/m1/s1. The Kier molecular flexibility index (Phi) is 5.82. The molecule has 0 aliphatic carbocycles. The van der Waals surface area contributed by atoms with E-state index in [0.717, 1.165) is 25.1 Å². The largest absolute Gasteiger partial charge is 0.309 e. The number of piperidine rings is 1. The van der Waals surface area contributed by atoms with Crippen LogP contribution in [0.3, 0.4) is 0 Å². The zero-order chi connectivity index (χ0) is 21.5. The number of aromatic nitrogens is 4. The van der Waals surface area contributed by atoms with Gasteiger partial charge in [0.15, 0.2) is 0 Å². The SMILES string of the molecule is CCn1cc(S(=O)(=O)N2CCCC[C@@H]2c2nc3c(c(=O)[nH]2)CN(C(C)C)CC3)cn1. The third-order valence-electron chi connectivity index (χ3n) is 6.16. The summed E-state index contributed by atoms with van der Waals surface area (Å²) >= 11 is 0. The minimum absolute atomic E-state index is 0.151. The summed E-state index contributed by atoms with van der Waals surface area (Å²) in [7, 11) is -3.72. The van der Waals surface area contributed by atoms with E-state index < -0.39 is 16.1 Å².